The Morgan fingerprint density at radius 1 is 1.11 bits per heavy atom. The predicted molar refractivity (Wildman–Crippen MR) is 97.0 cm³/mol. The van der Waals surface area contributed by atoms with E-state index in [0.29, 0.717) is 5.52 Å². The fraction of sp³-hybridized carbons (Fsp3) is 0.125. The molecule has 0 aliphatic rings. The van der Waals surface area contributed by atoms with E-state index in [9.17, 15) is 18.5 Å². The standard InChI is InChI=1S/C16H13N7O4S/c1-21-19-12-7-8-13(23(24)25)14(15(12)20-21)16(22-10-17-9-18-22)28(26,27)11-5-3-2-4-6-11/h2-10,16H,1H3. The average Bonchev–Trinajstić information content (AvgIpc) is 3.31. The summed E-state index contributed by atoms with van der Waals surface area (Å²) >= 11 is 0. The number of aryl methyl sites for hydroxylation is 1. The van der Waals surface area contributed by atoms with E-state index >= 15 is 0 Å². The predicted octanol–water partition coefficient (Wildman–Crippen LogP) is 1.49. The van der Waals surface area contributed by atoms with Gasteiger partial charge in [-0.15, -0.1) is 0 Å². The van der Waals surface area contributed by atoms with Crippen molar-refractivity contribution in [3.8, 4) is 0 Å². The van der Waals surface area contributed by atoms with Crippen molar-refractivity contribution in [1.29, 1.82) is 0 Å². The molecule has 1 unspecified atom stereocenters. The Bertz CT molecular complexity index is 1270. The summed E-state index contributed by atoms with van der Waals surface area (Å²) in [7, 11) is -2.59. The Labute approximate surface area is 158 Å². The number of nitro groups is 1. The SMILES string of the molecule is Cn1nc2ccc([N+](=O)[O-])c(C(n3cncn3)S(=O)(=O)c3ccccc3)c2n1. The second-order valence-corrected chi connectivity index (χ2v) is 7.91. The number of hydrogen-bond donors (Lipinski definition) is 0. The lowest BCUT2D eigenvalue weighted by Gasteiger charge is -2.18. The van der Waals surface area contributed by atoms with Gasteiger partial charge in [-0.1, -0.05) is 18.2 Å². The number of nitro benzene ring substituents is 1. The van der Waals surface area contributed by atoms with Crippen molar-refractivity contribution in [2.24, 2.45) is 7.05 Å². The lowest BCUT2D eigenvalue weighted by molar-refractivity contribution is -0.385. The Hall–Kier alpha value is -3.67. The van der Waals surface area contributed by atoms with Gasteiger partial charge in [-0.2, -0.15) is 20.1 Å². The highest BCUT2D eigenvalue weighted by atomic mass is 32.2. The summed E-state index contributed by atoms with van der Waals surface area (Å²) in [6.45, 7) is 0. The van der Waals surface area contributed by atoms with Gasteiger partial charge in [0, 0.05) is 13.1 Å². The number of sulfone groups is 1. The molecule has 11 nitrogen and oxygen atoms in total. The van der Waals surface area contributed by atoms with Crippen LogP contribution in [0.2, 0.25) is 0 Å². The number of fused-ring (bicyclic) bond motifs is 1. The second-order valence-electron chi connectivity index (χ2n) is 5.90. The molecule has 4 aromatic rings. The molecule has 0 fully saturated rings. The van der Waals surface area contributed by atoms with Gasteiger partial charge in [0.25, 0.3) is 5.69 Å². The van der Waals surface area contributed by atoms with Crippen LogP contribution in [0.4, 0.5) is 5.69 Å². The molecule has 142 valence electrons. The summed E-state index contributed by atoms with van der Waals surface area (Å²) in [5.74, 6) is 0. The molecule has 2 aromatic heterocycles. The molecule has 1 atom stereocenters. The first-order chi connectivity index (χ1) is 13.4. The maximum Gasteiger partial charge on any atom is 0.278 e. The molecule has 0 saturated heterocycles. The van der Waals surface area contributed by atoms with Gasteiger partial charge >= 0.3 is 0 Å². The van der Waals surface area contributed by atoms with E-state index < -0.39 is 25.8 Å². The van der Waals surface area contributed by atoms with Gasteiger partial charge in [0.1, 0.15) is 23.7 Å². The van der Waals surface area contributed by atoms with E-state index in [1.54, 1.807) is 25.2 Å². The Morgan fingerprint density at radius 3 is 2.50 bits per heavy atom. The third-order valence-electron chi connectivity index (χ3n) is 4.16. The monoisotopic (exact) mass is 399 g/mol. The molecule has 0 spiro atoms. The van der Waals surface area contributed by atoms with Gasteiger partial charge in [-0.25, -0.2) is 18.1 Å². The molecular formula is C16H13N7O4S. The highest BCUT2D eigenvalue weighted by molar-refractivity contribution is 7.91. The third-order valence-corrected chi connectivity index (χ3v) is 6.12. The lowest BCUT2D eigenvalue weighted by atomic mass is 10.1. The van der Waals surface area contributed by atoms with Gasteiger partial charge in [-0.05, 0) is 18.2 Å². The number of rotatable bonds is 5. The summed E-state index contributed by atoms with van der Waals surface area (Å²) in [4.78, 5) is 16.1. The van der Waals surface area contributed by atoms with Crippen LogP contribution >= 0.6 is 0 Å². The van der Waals surface area contributed by atoms with Crippen molar-refractivity contribution in [2.45, 2.75) is 10.3 Å². The summed E-state index contributed by atoms with van der Waals surface area (Å²) in [5, 5.41) is 22.4. The first-order valence-electron chi connectivity index (χ1n) is 8.01. The van der Waals surface area contributed by atoms with Crippen molar-refractivity contribution in [2.75, 3.05) is 0 Å². The van der Waals surface area contributed by atoms with E-state index in [2.05, 4.69) is 20.3 Å². The molecule has 0 aliphatic heterocycles. The quantitative estimate of drug-likeness (QED) is 0.363. The number of hydrogen-bond acceptors (Lipinski definition) is 8. The number of benzene rings is 2. The molecule has 0 amide bonds. The zero-order valence-electron chi connectivity index (χ0n) is 14.4. The fourth-order valence-electron chi connectivity index (χ4n) is 3.00. The van der Waals surface area contributed by atoms with Crippen LogP contribution in [0.25, 0.3) is 11.0 Å². The first-order valence-corrected chi connectivity index (χ1v) is 9.55. The highest BCUT2D eigenvalue weighted by Crippen LogP contribution is 2.38. The summed E-state index contributed by atoms with van der Waals surface area (Å²) in [6.07, 6.45) is 2.36. The van der Waals surface area contributed by atoms with E-state index in [-0.39, 0.29) is 16.0 Å². The van der Waals surface area contributed by atoms with Crippen molar-refractivity contribution in [3.05, 3.63) is 70.8 Å². The average molecular weight is 399 g/mol. The maximum absolute atomic E-state index is 13.5. The summed E-state index contributed by atoms with van der Waals surface area (Å²) < 4.78 is 28.0. The maximum atomic E-state index is 13.5. The molecule has 4 rings (SSSR count). The van der Waals surface area contributed by atoms with Crippen LogP contribution in [0.3, 0.4) is 0 Å². The third kappa shape index (κ3) is 2.79. The minimum atomic E-state index is -4.14. The van der Waals surface area contributed by atoms with Crippen LogP contribution in [0, 0.1) is 10.1 Å². The Kier molecular flexibility index (Phi) is 4.11. The van der Waals surface area contributed by atoms with Gasteiger partial charge in [-0.3, -0.25) is 10.1 Å². The van der Waals surface area contributed by atoms with Crippen LogP contribution in [-0.2, 0) is 16.9 Å². The highest BCUT2D eigenvalue weighted by Gasteiger charge is 2.39. The molecule has 0 radical (unpaired) electrons. The van der Waals surface area contributed by atoms with Gasteiger partial charge < -0.3 is 0 Å². The molecule has 0 N–H and O–H groups in total. The van der Waals surface area contributed by atoms with Crippen LogP contribution in [0.1, 0.15) is 10.9 Å². The number of nitrogens with zero attached hydrogens (tertiary/aromatic N) is 7. The smallest absolute Gasteiger partial charge is 0.258 e. The number of aromatic nitrogens is 6. The Morgan fingerprint density at radius 2 is 1.86 bits per heavy atom. The molecule has 2 aromatic carbocycles. The van der Waals surface area contributed by atoms with E-state index in [1.807, 2.05) is 0 Å². The molecule has 0 saturated carbocycles. The normalized spacial score (nSPS) is 12.9. The summed E-state index contributed by atoms with van der Waals surface area (Å²) in [5.41, 5.74) is -0.0776. The van der Waals surface area contributed by atoms with E-state index in [4.69, 9.17) is 0 Å². The largest absolute Gasteiger partial charge is 0.278 e. The second kappa shape index (κ2) is 6.49. The van der Waals surface area contributed by atoms with Crippen LogP contribution in [0.5, 0.6) is 0 Å². The Balaban J connectivity index is 2.10. The van der Waals surface area contributed by atoms with Crippen molar-refractivity contribution < 1.29 is 13.3 Å². The summed E-state index contributed by atoms with van der Waals surface area (Å²) in [6, 6.07) is 10.3. The van der Waals surface area contributed by atoms with Gasteiger partial charge in [0.2, 0.25) is 9.84 Å². The molecule has 2 heterocycles. The fourth-order valence-corrected chi connectivity index (χ4v) is 4.73. The van der Waals surface area contributed by atoms with E-state index in [0.717, 1.165) is 11.0 Å². The van der Waals surface area contributed by atoms with Crippen LogP contribution in [0.15, 0.2) is 60.0 Å². The van der Waals surface area contributed by atoms with Crippen molar-refractivity contribution >= 4 is 26.6 Å². The molecule has 0 aliphatic carbocycles. The molecule has 0 bridgehead atoms. The van der Waals surface area contributed by atoms with E-state index in [1.165, 1.54) is 35.4 Å². The van der Waals surface area contributed by atoms with Gasteiger partial charge in [0.15, 0.2) is 5.37 Å². The molecule has 28 heavy (non-hydrogen) atoms. The first kappa shape index (κ1) is 17.7. The minimum absolute atomic E-state index is 0.00862. The zero-order chi connectivity index (χ0) is 19.9. The van der Waals surface area contributed by atoms with Crippen molar-refractivity contribution in [3.63, 3.8) is 0 Å². The molecular weight excluding hydrogens is 386 g/mol. The molecule has 12 heteroatoms. The minimum Gasteiger partial charge on any atom is -0.258 e. The van der Waals surface area contributed by atoms with Crippen LogP contribution in [-0.4, -0.2) is 43.1 Å². The van der Waals surface area contributed by atoms with Gasteiger partial charge in [0.05, 0.1) is 15.4 Å². The zero-order valence-corrected chi connectivity index (χ0v) is 15.3. The topological polar surface area (TPSA) is 139 Å². The lowest BCUT2D eigenvalue weighted by Crippen LogP contribution is -2.23. The van der Waals surface area contributed by atoms with Crippen molar-refractivity contribution in [1.82, 2.24) is 29.8 Å². The van der Waals surface area contributed by atoms with Crippen LogP contribution < -0.4 is 0 Å².